The minimum Gasteiger partial charge on any atom is -0.444 e. The van der Waals surface area contributed by atoms with E-state index in [0.717, 1.165) is 43.0 Å². The molecule has 4 heterocycles. The van der Waals surface area contributed by atoms with Crippen LogP contribution in [0.1, 0.15) is 24.3 Å². The van der Waals surface area contributed by atoms with Gasteiger partial charge in [0.1, 0.15) is 11.7 Å². The predicted octanol–water partition coefficient (Wildman–Crippen LogP) is 2.85. The molecule has 1 aromatic rings. The first-order chi connectivity index (χ1) is 10.3. The number of benzene rings is 1. The van der Waals surface area contributed by atoms with Crippen molar-refractivity contribution in [3.05, 3.63) is 47.4 Å². The monoisotopic (exact) mass is 279 g/mol. The van der Waals surface area contributed by atoms with Crippen LogP contribution < -0.4 is 0 Å². The summed E-state index contributed by atoms with van der Waals surface area (Å²) in [6.45, 7) is 2.09. The first kappa shape index (κ1) is 12.5. The van der Waals surface area contributed by atoms with Gasteiger partial charge >= 0.3 is 0 Å². The van der Waals surface area contributed by atoms with Crippen molar-refractivity contribution < 1.29 is 4.74 Å². The minimum atomic E-state index is -0.523. The van der Waals surface area contributed by atoms with Crippen LogP contribution >= 0.6 is 0 Å². The number of hydrogen-bond donors (Lipinski definition) is 1. The van der Waals surface area contributed by atoms with Gasteiger partial charge in [0.2, 0.25) is 5.90 Å². The lowest BCUT2D eigenvalue weighted by atomic mass is 9.75. The molecule has 2 atom stereocenters. The number of fused-ring (bicyclic) bond motifs is 2. The number of rotatable bonds is 1. The summed E-state index contributed by atoms with van der Waals surface area (Å²) in [5.74, 6) is 0.911. The van der Waals surface area contributed by atoms with E-state index in [-0.39, 0.29) is 11.8 Å². The third kappa shape index (κ3) is 1.77. The molecule has 0 saturated carbocycles. The molecule has 1 saturated heterocycles. The third-order valence-electron chi connectivity index (χ3n) is 4.89. The number of nitrogens with one attached hydrogen (secondary N) is 1. The Labute approximate surface area is 124 Å². The Morgan fingerprint density at radius 1 is 1.19 bits per heavy atom. The number of nitrogens with zero attached hydrogens (tertiary/aromatic N) is 2. The van der Waals surface area contributed by atoms with Crippen molar-refractivity contribution in [3.63, 3.8) is 0 Å². The molecule has 4 aliphatic heterocycles. The Balaban J connectivity index is 1.89. The van der Waals surface area contributed by atoms with E-state index in [0.29, 0.717) is 5.92 Å². The number of ether oxygens (including phenoxy) is 1. The molecule has 0 amide bonds. The Morgan fingerprint density at radius 3 is 2.57 bits per heavy atom. The molecule has 5 rings (SSSR count). The van der Waals surface area contributed by atoms with Gasteiger partial charge in [0.05, 0.1) is 17.7 Å². The molecule has 0 radical (unpaired) electrons. The first-order valence-corrected chi connectivity index (χ1v) is 7.49. The van der Waals surface area contributed by atoms with Crippen molar-refractivity contribution in [1.82, 2.24) is 4.90 Å². The summed E-state index contributed by atoms with van der Waals surface area (Å²) in [5.41, 5.74) is 2.27. The van der Waals surface area contributed by atoms with E-state index < -0.39 is 5.92 Å². The SMILES string of the molecule is N#C[C@H]1C(=N)OC2=C([C@@H]1c1ccccc1)N1CCC2CC1. The zero-order valence-corrected chi connectivity index (χ0v) is 11.7. The van der Waals surface area contributed by atoms with Crippen molar-refractivity contribution in [1.29, 1.82) is 10.7 Å². The largest absolute Gasteiger partial charge is 0.444 e. The average molecular weight is 279 g/mol. The standard InChI is InChI=1S/C17H17N3O/c18-10-13-14(11-4-2-1-3-5-11)15-16(21-17(13)19)12-6-8-20(15)9-7-12/h1-5,12-14,19H,6-9H2/t13-,14-/m1/s1. The molecule has 1 N–H and O–H groups in total. The van der Waals surface area contributed by atoms with Crippen LogP contribution in [0.4, 0.5) is 0 Å². The van der Waals surface area contributed by atoms with Crippen molar-refractivity contribution >= 4 is 5.90 Å². The highest BCUT2D eigenvalue weighted by Crippen LogP contribution is 2.48. The zero-order valence-electron chi connectivity index (χ0n) is 11.7. The summed E-state index contributed by atoms with van der Waals surface area (Å²) < 4.78 is 5.78. The van der Waals surface area contributed by atoms with E-state index in [2.05, 4.69) is 23.1 Å². The van der Waals surface area contributed by atoms with Gasteiger partial charge in [-0.3, -0.25) is 5.41 Å². The summed E-state index contributed by atoms with van der Waals surface area (Å²) in [6, 6.07) is 12.4. The summed E-state index contributed by atoms with van der Waals surface area (Å²) in [7, 11) is 0. The maximum absolute atomic E-state index is 9.54. The van der Waals surface area contributed by atoms with Crippen LogP contribution in [-0.4, -0.2) is 23.9 Å². The lowest BCUT2D eigenvalue weighted by Gasteiger charge is -2.48. The van der Waals surface area contributed by atoms with Crippen molar-refractivity contribution in [3.8, 4) is 6.07 Å². The highest BCUT2D eigenvalue weighted by Gasteiger charge is 2.46. The van der Waals surface area contributed by atoms with Gasteiger partial charge in [-0.05, 0) is 18.4 Å². The van der Waals surface area contributed by atoms with Crippen LogP contribution in [0.15, 0.2) is 41.8 Å². The number of hydrogen-bond acceptors (Lipinski definition) is 4. The van der Waals surface area contributed by atoms with Crippen LogP contribution in [0, 0.1) is 28.6 Å². The fraction of sp³-hybridized carbons (Fsp3) is 0.412. The molecule has 0 unspecified atom stereocenters. The number of nitriles is 1. The molecule has 2 bridgehead atoms. The Bertz CT molecular complexity index is 650. The first-order valence-electron chi connectivity index (χ1n) is 7.49. The molecule has 4 aliphatic rings. The molecule has 1 fully saturated rings. The van der Waals surface area contributed by atoms with Gasteiger partial charge in [-0.25, -0.2) is 0 Å². The second-order valence-corrected chi connectivity index (χ2v) is 5.97. The van der Waals surface area contributed by atoms with Crippen LogP contribution in [0.3, 0.4) is 0 Å². The van der Waals surface area contributed by atoms with E-state index in [1.54, 1.807) is 0 Å². The molecular formula is C17H17N3O. The van der Waals surface area contributed by atoms with Gasteiger partial charge in [0.15, 0.2) is 0 Å². The topological polar surface area (TPSA) is 60.1 Å². The van der Waals surface area contributed by atoms with E-state index in [4.69, 9.17) is 10.1 Å². The zero-order chi connectivity index (χ0) is 14.4. The lowest BCUT2D eigenvalue weighted by molar-refractivity contribution is 0.120. The number of piperidine rings is 1. The van der Waals surface area contributed by atoms with E-state index in [1.165, 1.54) is 0 Å². The predicted molar refractivity (Wildman–Crippen MR) is 78.4 cm³/mol. The minimum absolute atomic E-state index is 0.0597. The third-order valence-corrected chi connectivity index (χ3v) is 4.89. The van der Waals surface area contributed by atoms with Gasteiger partial charge in [0.25, 0.3) is 0 Å². The molecule has 0 aromatic heterocycles. The Morgan fingerprint density at radius 2 is 1.90 bits per heavy atom. The summed E-state index contributed by atoms with van der Waals surface area (Å²) in [4.78, 5) is 2.36. The quantitative estimate of drug-likeness (QED) is 0.860. The van der Waals surface area contributed by atoms with Gasteiger partial charge in [-0.1, -0.05) is 30.3 Å². The maximum atomic E-state index is 9.54. The van der Waals surface area contributed by atoms with Crippen molar-refractivity contribution in [2.45, 2.75) is 18.8 Å². The van der Waals surface area contributed by atoms with Crippen molar-refractivity contribution in [2.75, 3.05) is 13.1 Å². The van der Waals surface area contributed by atoms with E-state index >= 15 is 0 Å². The van der Waals surface area contributed by atoms with E-state index in [9.17, 15) is 5.26 Å². The summed E-state index contributed by atoms with van der Waals surface area (Å²) >= 11 is 0. The van der Waals surface area contributed by atoms with Gasteiger partial charge in [0, 0.05) is 19.0 Å². The molecule has 21 heavy (non-hydrogen) atoms. The number of allylic oxidation sites excluding steroid dienone is 2. The Kier molecular flexibility index (Phi) is 2.75. The highest BCUT2D eigenvalue weighted by atomic mass is 16.5. The highest BCUT2D eigenvalue weighted by molar-refractivity contribution is 5.82. The molecule has 4 nitrogen and oxygen atoms in total. The van der Waals surface area contributed by atoms with Gasteiger partial charge in [-0.15, -0.1) is 0 Å². The van der Waals surface area contributed by atoms with Gasteiger partial charge < -0.3 is 9.64 Å². The van der Waals surface area contributed by atoms with Gasteiger partial charge in [-0.2, -0.15) is 5.26 Å². The van der Waals surface area contributed by atoms with Crippen LogP contribution in [0.25, 0.3) is 0 Å². The fourth-order valence-electron chi connectivity index (χ4n) is 3.87. The van der Waals surface area contributed by atoms with E-state index in [1.807, 2.05) is 18.2 Å². The van der Waals surface area contributed by atoms with Crippen LogP contribution in [0.5, 0.6) is 0 Å². The maximum Gasteiger partial charge on any atom is 0.205 e. The van der Waals surface area contributed by atoms with Crippen LogP contribution in [-0.2, 0) is 4.74 Å². The summed E-state index contributed by atoms with van der Waals surface area (Å²) in [5, 5.41) is 17.7. The molecule has 4 heteroatoms. The molecule has 1 aromatic carbocycles. The summed E-state index contributed by atoms with van der Waals surface area (Å²) in [6.07, 6.45) is 2.20. The van der Waals surface area contributed by atoms with Crippen LogP contribution in [0.2, 0.25) is 0 Å². The normalized spacial score (nSPS) is 28.1. The van der Waals surface area contributed by atoms with Crippen molar-refractivity contribution in [2.24, 2.45) is 11.8 Å². The smallest absolute Gasteiger partial charge is 0.205 e. The molecular weight excluding hydrogens is 262 g/mol. The second kappa shape index (κ2) is 4.63. The Hall–Kier alpha value is -2.28. The molecule has 0 aliphatic carbocycles. The fourth-order valence-corrected chi connectivity index (χ4v) is 3.87. The molecule has 106 valence electrons. The molecule has 0 spiro atoms. The average Bonchev–Trinajstić information content (AvgIpc) is 2.55. The second-order valence-electron chi connectivity index (χ2n) is 5.97. The lowest BCUT2D eigenvalue weighted by Crippen LogP contribution is -2.47.